The number of hydrazine groups is 1. The van der Waals surface area contributed by atoms with Crippen LogP contribution in [-0.2, 0) is 24.5 Å². The lowest BCUT2D eigenvalue weighted by atomic mass is 10.4. The monoisotopic (exact) mass is 281 g/mol. The molecule has 0 atom stereocenters. The Bertz CT molecular complexity index is 366. The summed E-state index contributed by atoms with van der Waals surface area (Å²) in [6.45, 7) is 2.07. The Balaban J connectivity index is 2.43. The van der Waals surface area contributed by atoms with E-state index < -0.39 is 16.2 Å². The van der Waals surface area contributed by atoms with Gasteiger partial charge in [0.25, 0.3) is 10.2 Å². The van der Waals surface area contributed by atoms with Gasteiger partial charge in [0.2, 0.25) is 0 Å². The maximum absolute atomic E-state index is 11.9. The van der Waals surface area contributed by atoms with Gasteiger partial charge >= 0.3 is 5.97 Å². The van der Waals surface area contributed by atoms with Gasteiger partial charge in [-0.2, -0.15) is 12.7 Å². The molecule has 0 amide bonds. The lowest BCUT2D eigenvalue weighted by Crippen LogP contribution is -2.52. The summed E-state index contributed by atoms with van der Waals surface area (Å²) in [6.07, 6.45) is 0.0248. The molecule has 1 rings (SSSR count). The summed E-state index contributed by atoms with van der Waals surface area (Å²) in [5.74, 6) is -0.441. The molecule has 0 saturated carbocycles. The molecule has 106 valence electrons. The van der Waals surface area contributed by atoms with E-state index in [9.17, 15) is 13.2 Å². The van der Waals surface area contributed by atoms with E-state index >= 15 is 0 Å². The Hall–Kier alpha value is -0.740. The van der Waals surface area contributed by atoms with E-state index in [0.717, 1.165) is 4.31 Å². The Morgan fingerprint density at radius 3 is 2.61 bits per heavy atom. The van der Waals surface area contributed by atoms with Crippen LogP contribution >= 0.6 is 0 Å². The van der Waals surface area contributed by atoms with Crippen LogP contribution in [0.25, 0.3) is 0 Å². The number of morpholine rings is 1. The molecule has 0 radical (unpaired) electrons. The van der Waals surface area contributed by atoms with Crippen LogP contribution in [-0.4, -0.2) is 70.7 Å². The number of rotatable bonds is 6. The second-order valence-electron chi connectivity index (χ2n) is 3.84. The SMILES string of the molecule is COC(=O)CCN(C)S(=O)(=O)NN1CCOCC1. The van der Waals surface area contributed by atoms with Crippen LogP contribution in [0.4, 0.5) is 0 Å². The minimum atomic E-state index is -3.62. The molecule has 1 heterocycles. The van der Waals surface area contributed by atoms with Crippen LogP contribution in [0.15, 0.2) is 0 Å². The molecule has 1 fully saturated rings. The molecular formula is C9H19N3O5S. The fraction of sp³-hybridized carbons (Fsp3) is 0.889. The highest BCUT2D eigenvalue weighted by molar-refractivity contribution is 7.87. The standard InChI is InChI=1S/C9H19N3O5S/c1-11(4-3-9(13)16-2)18(14,15)10-12-5-7-17-8-6-12/h10H,3-8H2,1-2H3. The summed E-state index contributed by atoms with van der Waals surface area (Å²) < 4.78 is 34.4. The van der Waals surface area contributed by atoms with Gasteiger partial charge in [-0.05, 0) is 0 Å². The largest absolute Gasteiger partial charge is 0.469 e. The second kappa shape index (κ2) is 7.00. The average Bonchev–Trinajstić information content (AvgIpc) is 2.36. The van der Waals surface area contributed by atoms with E-state index in [2.05, 4.69) is 9.57 Å². The molecule has 0 aliphatic carbocycles. The van der Waals surface area contributed by atoms with Crippen molar-refractivity contribution in [3.8, 4) is 0 Å². The van der Waals surface area contributed by atoms with Gasteiger partial charge in [0.15, 0.2) is 0 Å². The summed E-state index contributed by atoms with van der Waals surface area (Å²) in [4.78, 5) is 13.4. The van der Waals surface area contributed by atoms with Crippen molar-refractivity contribution in [2.24, 2.45) is 0 Å². The van der Waals surface area contributed by atoms with Crippen molar-refractivity contribution in [3.63, 3.8) is 0 Å². The van der Waals surface area contributed by atoms with Crippen molar-refractivity contribution in [2.45, 2.75) is 6.42 Å². The maximum atomic E-state index is 11.9. The van der Waals surface area contributed by atoms with Crippen molar-refractivity contribution in [1.29, 1.82) is 0 Å². The highest BCUT2D eigenvalue weighted by Gasteiger charge is 2.22. The molecule has 18 heavy (non-hydrogen) atoms. The smallest absolute Gasteiger partial charge is 0.306 e. The first-order valence-electron chi connectivity index (χ1n) is 5.59. The summed E-state index contributed by atoms with van der Waals surface area (Å²) in [6, 6.07) is 0. The lowest BCUT2D eigenvalue weighted by Gasteiger charge is -2.28. The van der Waals surface area contributed by atoms with Crippen molar-refractivity contribution >= 4 is 16.2 Å². The van der Waals surface area contributed by atoms with Crippen molar-refractivity contribution in [1.82, 2.24) is 14.1 Å². The first-order valence-corrected chi connectivity index (χ1v) is 7.03. The molecule has 0 bridgehead atoms. The predicted octanol–water partition coefficient (Wildman–Crippen LogP) is -1.44. The van der Waals surface area contributed by atoms with Crippen molar-refractivity contribution in [2.75, 3.05) is 47.0 Å². The fourth-order valence-electron chi connectivity index (χ4n) is 1.36. The highest BCUT2D eigenvalue weighted by Crippen LogP contribution is 2.00. The van der Waals surface area contributed by atoms with E-state index in [4.69, 9.17) is 4.74 Å². The van der Waals surface area contributed by atoms with Crippen LogP contribution in [0.5, 0.6) is 0 Å². The summed E-state index contributed by atoms with van der Waals surface area (Å²) >= 11 is 0. The molecule has 9 heteroatoms. The molecule has 0 aromatic heterocycles. The van der Waals surface area contributed by atoms with Crippen LogP contribution in [0.1, 0.15) is 6.42 Å². The molecule has 1 N–H and O–H groups in total. The van der Waals surface area contributed by atoms with Crippen LogP contribution < -0.4 is 4.83 Å². The summed E-state index contributed by atoms with van der Waals surface area (Å²) in [7, 11) is -0.943. The van der Waals surface area contributed by atoms with Crippen LogP contribution in [0.3, 0.4) is 0 Å². The molecule has 0 aromatic rings. The van der Waals surface area contributed by atoms with Crippen molar-refractivity contribution < 1.29 is 22.7 Å². The van der Waals surface area contributed by atoms with Gasteiger partial charge in [0, 0.05) is 26.7 Å². The molecule has 1 saturated heterocycles. The number of hydrogen-bond donors (Lipinski definition) is 1. The number of carbonyl (C=O) groups excluding carboxylic acids is 1. The summed E-state index contributed by atoms with van der Waals surface area (Å²) in [5.41, 5.74) is 0. The van der Waals surface area contributed by atoms with Gasteiger partial charge < -0.3 is 9.47 Å². The van der Waals surface area contributed by atoms with E-state index in [1.807, 2.05) is 0 Å². The fourth-order valence-corrected chi connectivity index (χ4v) is 2.34. The quantitative estimate of drug-likeness (QED) is 0.600. The molecule has 1 aliphatic heterocycles. The third kappa shape index (κ3) is 4.86. The van der Waals surface area contributed by atoms with Crippen molar-refractivity contribution in [3.05, 3.63) is 0 Å². The Morgan fingerprint density at radius 1 is 1.44 bits per heavy atom. The molecule has 0 spiro atoms. The summed E-state index contributed by atoms with van der Waals surface area (Å²) in [5, 5.41) is 1.58. The molecular weight excluding hydrogens is 262 g/mol. The van der Waals surface area contributed by atoms with Gasteiger partial charge in [-0.25, -0.2) is 5.01 Å². The number of carbonyl (C=O) groups is 1. The molecule has 0 unspecified atom stereocenters. The normalized spacial score (nSPS) is 17.9. The minimum Gasteiger partial charge on any atom is -0.469 e. The third-order valence-electron chi connectivity index (χ3n) is 2.52. The lowest BCUT2D eigenvalue weighted by molar-refractivity contribution is -0.140. The van der Waals surface area contributed by atoms with Gasteiger partial charge in [-0.3, -0.25) is 4.79 Å². The highest BCUT2D eigenvalue weighted by atomic mass is 32.2. The maximum Gasteiger partial charge on any atom is 0.306 e. The minimum absolute atomic E-state index is 0.0248. The molecule has 0 aromatic carbocycles. The number of methoxy groups -OCH3 is 1. The first-order chi connectivity index (χ1) is 8.45. The van der Waals surface area contributed by atoms with Gasteiger partial charge in [-0.15, -0.1) is 4.83 Å². The van der Waals surface area contributed by atoms with Gasteiger partial charge in [0.1, 0.15) is 0 Å². The zero-order valence-corrected chi connectivity index (χ0v) is 11.4. The Labute approximate surface area is 107 Å². The van der Waals surface area contributed by atoms with Crippen LogP contribution in [0, 0.1) is 0 Å². The second-order valence-corrected chi connectivity index (χ2v) is 5.60. The molecule has 1 aliphatic rings. The first kappa shape index (κ1) is 15.3. The zero-order chi connectivity index (χ0) is 13.6. The average molecular weight is 281 g/mol. The van der Waals surface area contributed by atoms with E-state index in [1.54, 1.807) is 5.01 Å². The van der Waals surface area contributed by atoms with Gasteiger partial charge in [-0.1, -0.05) is 0 Å². The van der Waals surface area contributed by atoms with Gasteiger partial charge in [0.05, 0.1) is 26.7 Å². The number of nitrogens with zero attached hydrogens (tertiary/aromatic N) is 2. The predicted molar refractivity (Wildman–Crippen MR) is 63.7 cm³/mol. The van der Waals surface area contributed by atoms with Crippen LogP contribution in [0.2, 0.25) is 0 Å². The number of hydrogen-bond acceptors (Lipinski definition) is 6. The number of nitrogens with one attached hydrogen (secondary N) is 1. The van der Waals surface area contributed by atoms with E-state index in [-0.39, 0.29) is 13.0 Å². The number of esters is 1. The Morgan fingerprint density at radius 2 is 2.06 bits per heavy atom. The molecule has 8 nitrogen and oxygen atoms in total. The third-order valence-corrected chi connectivity index (χ3v) is 4.02. The van der Waals surface area contributed by atoms with E-state index in [0.29, 0.717) is 26.3 Å². The Kier molecular flexibility index (Phi) is 5.96. The number of ether oxygens (including phenoxy) is 2. The van der Waals surface area contributed by atoms with E-state index in [1.165, 1.54) is 14.2 Å². The zero-order valence-electron chi connectivity index (χ0n) is 10.6. The topological polar surface area (TPSA) is 88.2 Å².